The van der Waals surface area contributed by atoms with Crippen LogP contribution in [0.5, 0.6) is 0 Å². The van der Waals surface area contributed by atoms with E-state index in [1.54, 1.807) is 30.5 Å². The van der Waals surface area contributed by atoms with E-state index in [2.05, 4.69) is 25.4 Å². The summed E-state index contributed by atoms with van der Waals surface area (Å²) in [6.45, 7) is 0. The summed E-state index contributed by atoms with van der Waals surface area (Å²) in [6.07, 6.45) is 1.63. The zero-order valence-electron chi connectivity index (χ0n) is 10.6. The molecule has 0 bridgehead atoms. The molecule has 0 fully saturated rings. The van der Waals surface area contributed by atoms with Crippen LogP contribution in [0.3, 0.4) is 0 Å². The number of nitrogens with zero attached hydrogens (tertiary/aromatic N) is 6. The highest BCUT2D eigenvalue weighted by molar-refractivity contribution is 5.57. The van der Waals surface area contributed by atoms with Gasteiger partial charge in [0, 0.05) is 23.9 Å². The minimum atomic E-state index is -0.467. The number of aromatic nitrogens is 5. The highest BCUT2D eigenvalue weighted by Crippen LogP contribution is 2.18. The number of rotatable bonds is 3. The maximum Gasteiger partial charge on any atom is 0.269 e. The highest BCUT2D eigenvalue weighted by atomic mass is 16.6. The van der Waals surface area contributed by atoms with Crippen LogP contribution in [-0.4, -0.2) is 30.3 Å². The number of benzene rings is 1. The van der Waals surface area contributed by atoms with Crippen molar-refractivity contribution in [1.29, 1.82) is 0 Å². The highest BCUT2D eigenvalue weighted by Gasteiger charge is 2.09. The molecule has 2 heterocycles. The molecule has 0 atom stereocenters. The van der Waals surface area contributed by atoms with Gasteiger partial charge in [-0.3, -0.25) is 15.1 Å². The lowest BCUT2D eigenvalue weighted by Crippen LogP contribution is -2.00. The van der Waals surface area contributed by atoms with Crippen molar-refractivity contribution in [2.24, 2.45) is 0 Å². The first-order chi connectivity index (χ1) is 10.2. The molecule has 0 aliphatic rings. The summed E-state index contributed by atoms with van der Waals surface area (Å²) in [5, 5.41) is 26.5. The molecule has 3 rings (SSSR count). The van der Waals surface area contributed by atoms with Crippen LogP contribution < -0.4 is 0 Å². The number of hydrogen-bond donors (Lipinski definition) is 0. The summed E-state index contributed by atoms with van der Waals surface area (Å²) in [5.74, 6) is 0.617. The minimum Gasteiger partial charge on any atom is -0.258 e. The first kappa shape index (κ1) is 12.7. The van der Waals surface area contributed by atoms with Crippen molar-refractivity contribution in [1.82, 2.24) is 25.4 Å². The van der Waals surface area contributed by atoms with Gasteiger partial charge in [-0.05, 0) is 24.3 Å². The Bertz CT molecular complexity index is 759. The van der Waals surface area contributed by atoms with E-state index in [1.165, 1.54) is 12.1 Å². The van der Waals surface area contributed by atoms with Crippen LogP contribution in [-0.2, 0) is 0 Å². The predicted molar refractivity (Wildman–Crippen MR) is 72.9 cm³/mol. The molecule has 0 saturated carbocycles. The second-order valence-corrected chi connectivity index (χ2v) is 4.07. The topological polar surface area (TPSA) is 108 Å². The standard InChI is InChI=1S/C13H8N6O2/c20-19(21)10-6-4-9(5-7-10)12-15-17-13(18-16-12)11-3-1-2-8-14-11/h1-8H. The molecule has 0 aliphatic heterocycles. The molecule has 0 N–H and O–H groups in total. The van der Waals surface area contributed by atoms with Gasteiger partial charge in [0.05, 0.1) is 4.92 Å². The Labute approximate surface area is 118 Å². The quantitative estimate of drug-likeness (QED) is 0.532. The van der Waals surface area contributed by atoms with Crippen LogP contribution in [0, 0.1) is 10.1 Å². The van der Waals surface area contributed by atoms with Gasteiger partial charge in [0.25, 0.3) is 5.69 Å². The Morgan fingerprint density at radius 2 is 1.52 bits per heavy atom. The Morgan fingerprint density at radius 1 is 0.857 bits per heavy atom. The van der Waals surface area contributed by atoms with Crippen LogP contribution in [0.25, 0.3) is 22.9 Å². The SMILES string of the molecule is O=[N+]([O-])c1ccc(-c2nnc(-c3ccccn3)nn2)cc1. The summed E-state index contributed by atoms with van der Waals surface area (Å²) < 4.78 is 0. The van der Waals surface area contributed by atoms with E-state index in [0.29, 0.717) is 22.9 Å². The summed E-state index contributed by atoms with van der Waals surface area (Å²) in [7, 11) is 0. The van der Waals surface area contributed by atoms with Crippen LogP contribution >= 0.6 is 0 Å². The van der Waals surface area contributed by atoms with Gasteiger partial charge in [-0.25, -0.2) is 0 Å². The third kappa shape index (κ3) is 2.68. The molecule has 2 aromatic heterocycles. The van der Waals surface area contributed by atoms with Crippen molar-refractivity contribution in [2.75, 3.05) is 0 Å². The summed E-state index contributed by atoms with van der Waals surface area (Å²) in [4.78, 5) is 14.2. The lowest BCUT2D eigenvalue weighted by Gasteiger charge is -1.99. The maximum absolute atomic E-state index is 10.6. The predicted octanol–water partition coefficient (Wildman–Crippen LogP) is 1.90. The molecule has 102 valence electrons. The number of pyridine rings is 1. The fraction of sp³-hybridized carbons (Fsp3) is 0. The minimum absolute atomic E-state index is 0.00442. The average Bonchev–Trinajstić information content (AvgIpc) is 2.56. The average molecular weight is 280 g/mol. The molecule has 0 radical (unpaired) electrons. The lowest BCUT2D eigenvalue weighted by molar-refractivity contribution is -0.384. The Balaban J connectivity index is 1.89. The van der Waals surface area contributed by atoms with E-state index < -0.39 is 4.92 Å². The van der Waals surface area contributed by atoms with E-state index in [1.807, 2.05) is 6.07 Å². The monoisotopic (exact) mass is 280 g/mol. The van der Waals surface area contributed by atoms with Crippen LogP contribution in [0.15, 0.2) is 48.7 Å². The molecule has 0 unspecified atom stereocenters. The molecule has 21 heavy (non-hydrogen) atoms. The lowest BCUT2D eigenvalue weighted by atomic mass is 10.2. The Morgan fingerprint density at radius 3 is 2.10 bits per heavy atom. The smallest absolute Gasteiger partial charge is 0.258 e. The normalized spacial score (nSPS) is 10.3. The largest absolute Gasteiger partial charge is 0.269 e. The molecule has 1 aromatic carbocycles. The van der Waals surface area contributed by atoms with E-state index in [0.717, 1.165) is 0 Å². The summed E-state index contributed by atoms with van der Waals surface area (Å²) in [6, 6.07) is 11.2. The van der Waals surface area contributed by atoms with Gasteiger partial charge >= 0.3 is 0 Å². The van der Waals surface area contributed by atoms with E-state index >= 15 is 0 Å². The molecule has 8 nitrogen and oxygen atoms in total. The van der Waals surface area contributed by atoms with Crippen molar-refractivity contribution in [2.45, 2.75) is 0 Å². The zero-order valence-corrected chi connectivity index (χ0v) is 10.6. The van der Waals surface area contributed by atoms with Crippen molar-refractivity contribution in [3.05, 3.63) is 58.8 Å². The molecular weight excluding hydrogens is 272 g/mol. The van der Waals surface area contributed by atoms with Gasteiger partial charge in [-0.2, -0.15) is 0 Å². The van der Waals surface area contributed by atoms with Crippen molar-refractivity contribution in [3.63, 3.8) is 0 Å². The second-order valence-electron chi connectivity index (χ2n) is 4.07. The summed E-state index contributed by atoms with van der Waals surface area (Å²) >= 11 is 0. The van der Waals surface area contributed by atoms with Gasteiger partial charge in [0.1, 0.15) is 5.69 Å². The Hall–Kier alpha value is -3.29. The Kier molecular flexibility index (Phi) is 3.26. The number of nitro groups is 1. The molecule has 3 aromatic rings. The van der Waals surface area contributed by atoms with E-state index in [4.69, 9.17) is 0 Å². The first-order valence-corrected chi connectivity index (χ1v) is 5.98. The van der Waals surface area contributed by atoms with Crippen molar-refractivity contribution < 1.29 is 4.92 Å². The maximum atomic E-state index is 10.6. The fourth-order valence-corrected chi connectivity index (χ4v) is 1.67. The molecule has 0 saturated heterocycles. The van der Waals surface area contributed by atoms with Crippen LogP contribution in [0.2, 0.25) is 0 Å². The van der Waals surface area contributed by atoms with Gasteiger partial charge < -0.3 is 0 Å². The van der Waals surface area contributed by atoms with Gasteiger partial charge in [-0.1, -0.05) is 6.07 Å². The zero-order chi connectivity index (χ0) is 14.7. The third-order valence-corrected chi connectivity index (χ3v) is 2.71. The molecule has 0 amide bonds. The second kappa shape index (κ2) is 5.37. The van der Waals surface area contributed by atoms with E-state index in [9.17, 15) is 10.1 Å². The number of nitro benzene ring substituents is 1. The van der Waals surface area contributed by atoms with Crippen molar-refractivity contribution in [3.8, 4) is 22.9 Å². The number of hydrogen-bond acceptors (Lipinski definition) is 7. The van der Waals surface area contributed by atoms with E-state index in [-0.39, 0.29) is 5.69 Å². The van der Waals surface area contributed by atoms with Crippen LogP contribution in [0.4, 0.5) is 5.69 Å². The van der Waals surface area contributed by atoms with Gasteiger partial charge in [0.15, 0.2) is 0 Å². The molecule has 8 heteroatoms. The molecular formula is C13H8N6O2. The van der Waals surface area contributed by atoms with Crippen molar-refractivity contribution >= 4 is 5.69 Å². The fourth-order valence-electron chi connectivity index (χ4n) is 1.67. The van der Waals surface area contributed by atoms with Gasteiger partial charge in [-0.15, -0.1) is 20.4 Å². The first-order valence-electron chi connectivity index (χ1n) is 5.98. The molecule has 0 spiro atoms. The van der Waals surface area contributed by atoms with Gasteiger partial charge in [0.2, 0.25) is 11.6 Å². The van der Waals surface area contributed by atoms with Crippen LogP contribution in [0.1, 0.15) is 0 Å². The number of non-ortho nitro benzene ring substituents is 1. The molecule has 0 aliphatic carbocycles. The third-order valence-electron chi connectivity index (χ3n) is 2.71. The summed E-state index contributed by atoms with van der Waals surface area (Å²) in [5.41, 5.74) is 1.19.